The fourth-order valence-corrected chi connectivity index (χ4v) is 1.44. The lowest BCUT2D eigenvalue weighted by Gasteiger charge is -2.11. The molecular formula is C7H12N4O. The average molecular weight is 168 g/mol. The Labute approximate surface area is 70.0 Å². The number of fused-ring (bicyclic) bond motifs is 1. The van der Waals surface area contributed by atoms with Crippen LogP contribution in [0.3, 0.4) is 0 Å². The molecule has 0 saturated heterocycles. The molecule has 1 aliphatic rings. The first-order valence-corrected chi connectivity index (χ1v) is 4.20. The summed E-state index contributed by atoms with van der Waals surface area (Å²) >= 11 is 0. The lowest BCUT2D eigenvalue weighted by atomic mass is 10.4. The summed E-state index contributed by atoms with van der Waals surface area (Å²) in [6, 6.07) is 0. The lowest BCUT2D eigenvalue weighted by Crippen LogP contribution is -2.34. The summed E-state index contributed by atoms with van der Waals surface area (Å²) in [7, 11) is 0. The Morgan fingerprint density at radius 1 is 1.67 bits per heavy atom. The molecule has 0 amide bonds. The Hall–Kier alpha value is -1.10. The summed E-state index contributed by atoms with van der Waals surface area (Å²) in [6.45, 7) is 4.89. The second-order valence-corrected chi connectivity index (χ2v) is 2.84. The fraction of sp³-hybridized carbons (Fsp3) is 0.714. The number of hydrogen-bond acceptors (Lipinski definition) is 3. The summed E-state index contributed by atoms with van der Waals surface area (Å²) < 4.78 is 3.24. The molecule has 0 unspecified atom stereocenters. The number of hydrogen-bond donors (Lipinski definition) is 1. The quantitative estimate of drug-likeness (QED) is 0.595. The molecular weight excluding hydrogens is 156 g/mol. The lowest BCUT2D eigenvalue weighted by molar-refractivity contribution is 0.497. The van der Waals surface area contributed by atoms with Gasteiger partial charge in [0.15, 0.2) is 0 Å². The molecule has 5 heteroatoms. The average Bonchev–Trinajstić information content (AvgIpc) is 2.44. The first kappa shape index (κ1) is 7.54. The first-order valence-electron chi connectivity index (χ1n) is 4.20. The highest BCUT2D eigenvalue weighted by molar-refractivity contribution is 4.90. The van der Waals surface area contributed by atoms with Crippen LogP contribution >= 0.6 is 0 Å². The minimum Gasteiger partial charge on any atom is -0.308 e. The molecule has 0 radical (unpaired) electrons. The summed E-state index contributed by atoms with van der Waals surface area (Å²) in [5, 5.41) is 7.34. The third-order valence-electron chi connectivity index (χ3n) is 2.09. The summed E-state index contributed by atoms with van der Waals surface area (Å²) in [4.78, 5) is 11.5. The second-order valence-electron chi connectivity index (χ2n) is 2.84. The van der Waals surface area contributed by atoms with Crippen LogP contribution in [0.2, 0.25) is 0 Å². The largest absolute Gasteiger partial charge is 0.345 e. The Morgan fingerprint density at radius 2 is 2.50 bits per heavy atom. The smallest absolute Gasteiger partial charge is 0.308 e. The van der Waals surface area contributed by atoms with Crippen LogP contribution < -0.4 is 11.0 Å². The van der Waals surface area contributed by atoms with E-state index in [1.165, 1.54) is 4.68 Å². The molecule has 0 aromatic carbocycles. The van der Waals surface area contributed by atoms with Gasteiger partial charge in [0, 0.05) is 19.6 Å². The Kier molecular flexibility index (Phi) is 1.73. The molecule has 1 aromatic rings. The predicted octanol–water partition coefficient (Wildman–Crippen LogP) is -0.832. The molecule has 0 atom stereocenters. The molecule has 2 rings (SSSR count). The van der Waals surface area contributed by atoms with E-state index >= 15 is 0 Å². The molecule has 66 valence electrons. The number of aromatic nitrogens is 3. The van der Waals surface area contributed by atoms with E-state index in [1.54, 1.807) is 4.57 Å². The van der Waals surface area contributed by atoms with Crippen molar-refractivity contribution >= 4 is 0 Å². The third kappa shape index (κ3) is 0.972. The van der Waals surface area contributed by atoms with E-state index in [9.17, 15) is 4.79 Å². The minimum absolute atomic E-state index is 0.0222. The maximum atomic E-state index is 11.5. The van der Waals surface area contributed by atoms with Crippen LogP contribution in [0.5, 0.6) is 0 Å². The van der Waals surface area contributed by atoms with Crippen molar-refractivity contribution in [3.63, 3.8) is 0 Å². The molecule has 1 aromatic heterocycles. The van der Waals surface area contributed by atoms with Crippen molar-refractivity contribution in [1.82, 2.24) is 19.7 Å². The Morgan fingerprint density at radius 3 is 3.17 bits per heavy atom. The van der Waals surface area contributed by atoms with E-state index in [0.717, 1.165) is 18.9 Å². The van der Waals surface area contributed by atoms with Crippen LogP contribution in [0.4, 0.5) is 0 Å². The van der Waals surface area contributed by atoms with Crippen molar-refractivity contribution in [3.8, 4) is 0 Å². The fourth-order valence-electron chi connectivity index (χ4n) is 1.44. The maximum Gasteiger partial charge on any atom is 0.345 e. The normalized spacial score (nSPS) is 16.1. The molecule has 0 spiro atoms. The van der Waals surface area contributed by atoms with Gasteiger partial charge in [-0.2, -0.15) is 5.10 Å². The SMILES string of the molecule is CCn1nc2n(c1=O)CCNC2. The van der Waals surface area contributed by atoms with Crippen LogP contribution in [0, 0.1) is 0 Å². The summed E-state index contributed by atoms with van der Waals surface area (Å²) in [6.07, 6.45) is 0. The van der Waals surface area contributed by atoms with E-state index in [0.29, 0.717) is 13.1 Å². The number of nitrogens with one attached hydrogen (secondary N) is 1. The van der Waals surface area contributed by atoms with E-state index < -0.39 is 0 Å². The van der Waals surface area contributed by atoms with Crippen molar-refractivity contribution < 1.29 is 0 Å². The van der Waals surface area contributed by atoms with Gasteiger partial charge >= 0.3 is 5.69 Å². The molecule has 1 N–H and O–H groups in total. The van der Waals surface area contributed by atoms with Crippen molar-refractivity contribution in [2.24, 2.45) is 0 Å². The van der Waals surface area contributed by atoms with E-state index in [4.69, 9.17) is 0 Å². The van der Waals surface area contributed by atoms with Crippen LogP contribution in [-0.4, -0.2) is 20.9 Å². The van der Waals surface area contributed by atoms with Crippen LogP contribution in [-0.2, 0) is 19.6 Å². The zero-order chi connectivity index (χ0) is 8.55. The van der Waals surface area contributed by atoms with Gasteiger partial charge in [-0.25, -0.2) is 9.48 Å². The van der Waals surface area contributed by atoms with Crippen molar-refractivity contribution in [2.45, 2.75) is 26.6 Å². The molecule has 5 nitrogen and oxygen atoms in total. The molecule has 0 aliphatic carbocycles. The number of rotatable bonds is 1. The second kappa shape index (κ2) is 2.75. The highest BCUT2D eigenvalue weighted by Crippen LogP contribution is 1.96. The van der Waals surface area contributed by atoms with E-state index in [-0.39, 0.29) is 5.69 Å². The molecule has 12 heavy (non-hydrogen) atoms. The zero-order valence-electron chi connectivity index (χ0n) is 7.08. The van der Waals surface area contributed by atoms with Gasteiger partial charge in [0.05, 0.1) is 6.54 Å². The Balaban J connectivity index is 2.52. The monoisotopic (exact) mass is 168 g/mol. The highest BCUT2D eigenvalue weighted by Gasteiger charge is 2.14. The van der Waals surface area contributed by atoms with Crippen molar-refractivity contribution in [3.05, 3.63) is 16.3 Å². The van der Waals surface area contributed by atoms with Crippen LogP contribution in [0.1, 0.15) is 12.7 Å². The molecule has 1 aliphatic heterocycles. The van der Waals surface area contributed by atoms with Gasteiger partial charge in [0.25, 0.3) is 0 Å². The van der Waals surface area contributed by atoms with Crippen LogP contribution in [0.15, 0.2) is 4.79 Å². The molecule has 0 fully saturated rings. The van der Waals surface area contributed by atoms with Gasteiger partial charge in [-0.1, -0.05) is 0 Å². The van der Waals surface area contributed by atoms with E-state index in [2.05, 4.69) is 10.4 Å². The number of nitrogens with zero attached hydrogens (tertiary/aromatic N) is 3. The van der Waals surface area contributed by atoms with E-state index in [1.807, 2.05) is 6.92 Å². The highest BCUT2D eigenvalue weighted by atomic mass is 16.2. The molecule has 2 heterocycles. The maximum absolute atomic E-state index is 11.5. The standard InChI is InChI=1S/C7H12N4O/c1-2-11-7(12)10-4-3-8-5-6(10)9-11/h8H,2-5H2,1H3. The van der Waals surface area contributed by atoms with Crippen molar-refractivity contribution in [2.75, 3.05) is 6.54 Å². The van der Waals surface area contributed by atoms with Crippen molar-refractivity contribution in [1.29, 1.82) is 0 Å². The van der Waals surface area contributed by atoms with Gasteiger partial charge in [-0.3, -0.25) is 4.57 Å². The van der Waals surface area contributed by atoms with Gasteiger partial charge in [0.1, 0.15) is 5.82 Å². The Bertz CT molecular complexity index is 338. The van der Waals surface area contributed by atoms with Gasteiger partial charge in [-0.05, 0) is 6.92 Å². The predicted molar refractivity (Wildman–Crippen MR) is 43.9 cm³/mol. The third-order valence-corrected chi connectivity index (χ3v) is 2.09. The summed E-state index contributed by atoms with van der Waals surface area (Å²) in [5.41, 5.74) is 0.0222. The number of aryl methyl sites for hydroxylation is 1. The van der Waals surface area contributed by atoms with Gasteiger partial charge in [0.2, 0.25) is 0 Å². The van der Waals surface area contributed by atoms with Crippen LogP contribution in [0.25, 0.3) is 0 Å². The topological polar surface area (TPSA) is 51.9 Å². The molecule has 0 saturated carbocycles. The minimum atomic E-state index is 0.0222. The summed E-state index contributed by atoms with van der Waals surface area (Å²) in [5.74, 6) is 0.855. The van der Waals surface area contributed by atoms with Gasteiger partial charge in [-0.15, -0.1) is 0 Å². The zero-order valence-corrected chi connectivity index (χ0v) is 7.08. The first-order chi connectivity index (χ1) is 5.83. The van der Waals surface area contributed by atoms with Gasteiger partial charge < -0.3 is 5.32 Å². The molecule has 0 bridgehead atoms.